The van der Waals surface area contributed by atoms with Crippen molar-refractivity contribution in [1.29, 1.82) is 0 Å². The molecule has 2 aromatic heterocycles. The third kappa shape index (κ3) is 2.14. The van der Waals surface area contributed by atoms with Crippen molar-refractivity contribution in [2.24, 2.45) is 0 Å². The number of rotatable bonds is 3. The molecule has 19 heavy (non-hydrogen) atoms. The number of nitrogens with zero attached hydrogens (tertiary/aromatic N) is 5. The standard InChI is InChI=1S/C12H16N6O/c1-2-9(6-13-5-1)18-7-10(15-17-18)12-14-11(16-19-12)8-3-4-8/h7-9,13H,1-6H2/t9-/m1/s1. The predicted octanol–water partition coefficient (Wildman–Crippen LogP) is 1.13. The quantitative estimate of drug-likeness (QED) is 0.891. The molecule has 7 heteroatoms. The van der Waals surface area contributed by atoms with E-state index in [1.807, 2.05) is 10.9 Å². The molecule has 2 aliphatic rings. The van der Waals surface area contributed by atoms with Gasteiger partial charge in [-0.05, 0) is 32.2 Å². The summed E-state index contributed by atoms with van der Waals surface area (Å²) in [5.41, 5.74) is 0.671. The Kier molecular flexibility index (Phi) is 2.58. The second-order valence-electron chi connectivity index (χ2n) is 5.32. The Balaban J connectivity index is 1.55. The summed E-state index contributed by atoms with van der Waals surface area (Å²) >= 11 is 0. The molecule has 7 nitrogen and oxygen atoms in total. The largest absolute Gasteiger partial charge is 0.332 e. The molecule has 0 unspecified atom stereocenters. The summed E-state index contributed by atoms with van der Waals surface area (Å²) in [5, 5.41) is 15.7. The zero-order valence-corrected chi connectivity index (χ0v) is 10.6. The van der Waals surface area contributed by atoms with Gasteiger partial charge in [0.25, 0.3) is 5.89 Å². The SMILES string of the molecule is c1c(-c2nc(C3CC3)no2)nnn1[C@@H]1CCCNC1. The summed E-state index contributed by atoms with van der Waals surface area (Å²) in [6.45, 7) is 2.03. The van der Waals surface area contributed by atoms with E-state index in [4.69, 9.17) is 4.52 Å². The van der Waals surface area contributed by atoms with Crippen LogP contribution in [-0.2, 0) is 0 Å². The lowest BCUT2D eigenvalue weighted by Gasteiger charge is -2.22. The highest BCUT2D eigenvalue weighted by atomic mass is 16.5. The van der Waals surface area contributed by atoms with Crippen LogP contribution in [0.5, 0.6) is 0 Å². The van der Waals surface area contributed by atoms with Crippen molar-refractivity contribution < 1.29 is 4.52 Å². The topological polar surface area (TPSA) is 81.7 Å². The molecule has 100 valence electrons. The molecule has 0 spiro atoms. The molecule has 0 aromatic carbocycles. The zero-order chi connectivity index (χ0) is 12.7. The van der Waals surface area contributed by atoms with Crippen LogP contribution in [0.25, 0.3) is 11.6 Å². The first kappa shape index (κ1) is 11.1. The molecule has 0 amide bonds. The average Bonchev–Trinajstić information content (AvgIpc) is 3.01. The van der Waals surface area contributed by atoms with Gasteiger partial charge < -0.3 is 9.84 Å². The third-order valence-electron chi connectivity index (χ3n) is 3.76. The Hall–Kier alpha value is -1.76. The minimum Gasteiger partial charge on any atom is -0.332 e. The van der Waals surface area contributed by atoms with E-state index >= 15 is 0 Å². The van der Waals surface area contributed by atoms with Crippen LogP contribution in [0.1, 0.15) is 43.5 Å². The van der Waals surface area contributed by atoms with Crippen LogP contribution in [-0.4, -0.2) is 38.2 Å². The van der Waals surface area contributed by atoms with E-state index in [-0.39, 0.29) is 0 Å². The van der Waals surface area contributed by atoms with E-state index in [2.05, 4.69) is 25.8 Å². The molecular formula is C12H16N6O. The van der Waals surface area contributed by atoms with E-state index in [9.17, 15) is 0 Å². The number of aromatic nitrogens is 5. The molecule has 1 N–H and O–H groups in total. The summed E-state index contributed by atoms with van der Waals surface area (Å²) in [6, 6.07) is 0.376. The zero-order valence-electron chi connectivity index (χ0n) is 10.6. The van der Waals surface area contributed by atoms with Crippen LogP contribution in [0.15, 0.2) is 10.7 Å². The van der Waals surface area contributed by atoms with Gasteiger partial charge in [0.2, 0.25) is 0 Å². The first-order valence-electron chi connectivity index (χ1n) is 6.86. The lowest BCUT2D eigenvalue weighted by molar-refractivity contribution is 0.341. The van der Waals surface area contributed by atoms with Crippen molar-refractivity contribution in [1.82, 2.24) is 30.5 Å². The maximum atomic E-state index is 5.26. The first-order chi connectivity index (χ1) is 9.40. The molecule has 2 fully saturated rings. The van der Waals surface area contributed by atoms with E-state index in [1.54, 1.807) is 0 Å². The number of nitrogens with one attached hydrogen (secondary N) is 1. The van der Waals surface area contributed by atoms with Gasteiger partial charge in [-0.3, -0.25) is 0 Å². The van der Waals surface area contributed by atoms with Crippen molar-refractivity contribution in [2.75, 3.05) is 13.1 Å². The summed E-state index contributed by atoms with van der Waals surface area (Å²) in [5.74, 6) is 1.79. The molecule has 1 atom stereocenters. The molecule has 4 rings (SSSR count). The van der Waals surface area contributed by atoms with Crippen molar-refractivity contribution in [2.45, 2.75) is 37.6 Å². The summed E-state index contributed by atoms with van der Waals surface area (Å²) in [7, 11) is 0. The third-order valence-corrected chi connectivity index (χ3v) is 3.76. The monoisotopic (exact) mass is 260 g/mol. The van der Waals surface area contributed by atoms with Crippen LogP contribution >= 0.6 is 0 Å². The minimum absolute atomic E-state index is 0.376. The summed E-state index contributed by atoms with van der Waals surface area (Å²) in [6.07, 6.45) is 6.54. The molecule has 3 heterocycles. The minimum atomic E-state index is 0.376. The van der Waals surface area contributed by atoms with Gasteiger partial charge in [0, 0.05) is 12.5 Å². The van der Waals surface area contributed by atoms with Gasteiger partial charge in [0.15, 0.2) is 11.5 Å². The van der Waals surface area contributed by atoms with Crippen LogP contribution in [0.3, 0.4) is 0 Å². The Bertz CT molecular complexity index is 566. The summed E-state index contributed by atoms with van der Waals surface area (Å²) in [4.78, 5) is 4.39. The van der Waals surface area contributed by atoms with Crippen LogP contribution in [0, 0.1) is 0 Å². The Morgan fingerprint density at radius 3 is 3.05 bits per heavy atom. The molecule has 1 aliphatic heterocycles. The van der Waals surface area contributed by atoms with Crippen molar-refractivity contribution in [3.05, 3.63) is 12.0 Å². The van der Waals surface area contributed by atoms with Crippen LogP contribution < -0.4 is 5.32 Å². The number of hydrogen-bond acceptors (Lipinski definition) is 6. The number of hydrogen-bond donors (Lipinski definition) is 1. The van der Waals surface area contributed by atoms with E-state index in [0.717, 1.165) is 25.3 Å². The lowest BCUT2D eigenvalue weighted by Crippen LogP contribution is -2.31. The highest BCUT2D eigenvalue weighted by molar-refractivity contribution is 5.43. The summed E-state index contributed by atoms with van der Waals surface area (Å²) < 4.78 is 7.17. The Morgan fingerprint density at radius 1 is 1.32 bits per heavy atom. The molecule has 0 radical (unpaired) electrons. The predicted molar refractivity (Wildman–Crippen MR) is 66.4 cm³/mol. The van der Waals surface area contributed by atoms with E-state index < -0.39 is 0 Å². The normalized spacial score (nSPS) is 23.7. The smallest absolute Gasteiger partial charge is 0.280 e. The fourth-order valence-corrected chi connectivity index (χ4v) is 2.46. The fourth-order valence-electron chi connectivity index (χ4n) is 2.46. The van der Waals surface area contributed by atoms with Gasteiger partial charge in [-0.1, -0.05) is 10.4 Å². The van der Waals surface area contributed by atoms with Gasteiger partial charge in [-0.15, -0.1) is 5.10 Å². The second kappa shape index (κ2) is 4.41. The van der Waals surface area contributed by atoms with Gasteiger partial charge in [-0.25, -0.2) is 4.68 Å². The van der Waals surface area contributed by atoms with Crippen molar-refractivity contribution >= 4 is 0 Å². The molecular weight excluding hydrogens is 244 g/mol. The number of piperidine rings is 1. The highest BCUT2D eigenvalue weighted by Crippen LogP contribution is 2.38. The second-order valence-corrected chi connectivity index (χ2v) is 5.32. The van der Waals surface area contributed by atoms with E-state index in [1.165, 1.54) is 19.3 Å². The molecule has 1 saturated heterocycles. The Morgan fingerprint density at radius 2 is 2.26 bits per heavy atom. The molecule has 2 aromatic rings. The maximum Gasteiger partial charge on any atom is 0.280 e. The van der Waals surface area contributed by atoms with Gasteiger partial charge in [0.1, 0.15) is 0 Å². The van der Waals surface area contributed by atoms with Gasteiger partial charge in [0.05, 0.1) is 12.2 Å². The van der Waals surface area contributed by atoms with Crippen LogP contribution in [0.4, 0.5) is 0 Å². The van der Waals surface area contributed by atoms with Crippen LogP contribution in [0.2, 0.25) is 0 Å². The van der Waals surface area contributed by atoms with E-state index in [0.29, 0.717) is 23.5 Å². The molecule has 1 aliphatic carbocycles. The van der Waals surface area contributed by atoms with Crippen molar-refractivity contribution in [3.8, 4) is 11.6 Å². The molecule has 1 saturated carbocycles. The first-order valence-corrected chi connectivity index (χ1v) is 6.86. The maximum absolute atomic E-state index is 5.26. The Labute approximate surface area is 110 Å². The highest BCUT2D eigenvalue weighted by Gasteiger charge is 2.29. The lowest BCUT2D eigenvalue weighted by atomic mass is 10.1. The van der Waals surface area contributed by atoms with Crippen molar-refractivity contribution in [3.63, 3.8) is 0 Å². The fraction of sp³-hybridized carbons (Fsp3) is 0.667. The van der Waals surface area contributed by atoms with Gasteiger partial charge >= 0.3 is 0 Å². The average molecular weight is 260 g/mol. The molecule has 0 bridgehead atoms. The van der Waals surface area contributed by atoms with Gasteiger partial charge in [-0.2, -0.15) is 4.98 Å².